The van der Waals surface area contributed by atoms with Crippen molar-refractivity contribution in [3.8, 4) is 0 Å². The monoisotopic (exact) mass is 304 g/mol. The Kier molecular flexibility index (Phi) is 4.45. The first-order valence-electron chi connectivity index (χ1n) is 6.52. The van der Waals surface area contributed by atoms with Crippen LogP contribution in [0.5, 0.6) is 0 Å². The summed E-state index contributed by atoms with van der Waals surface area (Å²) in [6.45, 7) is 1.63. The summed E-state index contributed by atoms with van der Waals surface area (Å²) in [6, 6.07) is 5.39. The van der Waals surface area contributed by atoms with Crippen molar-refractivity contribution in [3.05, 3.63) is 46.7 Å². The molecule has 0 radical (unpaired) electrons. The first-order valence-corrected chi connectivity index (χ1v) is 6.52. The van der Waals surface area contributed by atoms with Crippen LogP contribution in [0.3, 0.4) is 0 Å². The lowest BCUT2D eigenvalue weighted by molar-refractivity contribution is -0.136. The van der Waals surface area contributed by atoms with Crippen molar-refractivity contribution < 1.29 is 23.9 Å². The second kappa shape index (κ2) is 6.30. The van der Waals surface area contributed by atoms with E-state index in [0.29, 0.717) is 22.4 Å². The van der Waals surface area contributed by atoms with Crippen LogP contribution in [0.2, 0.25) is 0 Å². The summed E-state index contributed by atoms with van der Waals surface area (Å²) < 4.78 is 9.39. The minimum atomic E-state index is -0.645. The number of nitrogens with one attached hydrogen (secondary N) is 2. The van der Waals surface area contributed by atoms with Gasteiger partial charge < -0.3 is 20.1 Å². The molecule has 0 aromatic heterocycles. The van der Waals surface area contributed by atoms with E-state index in [1.165, 1.54) is 14.2 Å². The zero-order valence-corrected chi connectivity index (χ0v) is 12.4. The van der Waals surface area contributed by atoms with E-state index in [2.05, 4.69) is 15.4 Å². The molecule has 2 N–H and O–H groups in total. The van der Waals surface area contributed by atoms with Gasteiger partial charge in [0.25, 0.3) is 0 Å². The van der Waals surface area contributed by atoms with Crippen LogP contribution in [0, 0.1) is 0 Å². The zero-order valence-electron chi connectivity index (χ0n) is 12.4. The fourth-order valence-corrected chi connectivity index (χ4v) is 2.25. The molecule has 2 rings (SSSR count). The molecule has 0 spiro atoms. The molecule has 0 saturated heterocycles. The molecule has 1 aromatic carbocycles. The van der Waals surface area contributed by atoms with Gasteiger partial charge in [-0.15, -0.1) is 0 Å². The first kappa shape index (κ1) is 15.6. The van der Waals surface area contributed by atoms with Crippen molar-refractivity contribution in [2.75, 3.05) is 14.2 Å². The molecular formula is C15H16N2O5. The summed E-state index contributed by atoms with van der Waals surface area (Å²) in [7, 11) is 2.57. The van der Waals surface area contributed by atoms with Crippen molar-refractivity contribution in [3.63, 3.8) is 0 Å². The summed E-state index contributed by atoms with van der Waals surface area (Å²) in [4.78, 5) is 35.0. The van der Waals surface area contributed by atoms with Crippen molar-refractivity contribution in [2.24, 2.45) is 0 Å². The topological polar surface area (TPSA) is 93.7 Å². The fourth-order valence-electron chi connectivity index (χ4n) is 2.25. The molecule has 1 aliphatic heterocycles. The molecule has 0 saturated carbocycles. The Labute approximate surface area is 127 Å². The van der Waals surface area contributed by atoms with Gasteiger partial charge in [-0.3, -0.25) is 0 Å². The van der Waals surface area contributed by atoms with Crippen LogP contribution in [-0.4, -0.2) is 32.2 Å². The molecule has 1 atom stereocenters. The van der Waals surface area contributed by atoms with Crippen LogP contribution >= 0.6 is 0 Å². The molecule has 0 bridgehead atoms. The van der Waals surface area contributed by atoms with Gasteiger partial charge in [0.2, 0.25) is 0 Å². The van der Waals surface area contributed by atoms with Gasteiger partial charge >= 0.3 is 18.0 Å². The largest absolute Gasteiger partial charge is 0.466 e. The van der Waals surface area contributed by atoms with Gasteiger partial charge in [-0.05, 0) is 24.6 Å². The van der Waals surface area contributed by atoms with Crippen LogP contribution in [-0.2, 0) is 14.3 Å². The van der Waals surface area contributed by atoms with Crippen molar-refractivity contribution >= 4 is 18.0 Å². The standard InChI is InChI=1S/C15H16N2O5/c1-8-11(14(19)22-3)12(17-15(20)16-8)9-4-6-10(7-5-9)13(18)21-2/h4-7,12H,1-3H3,(H2,16,17,20). The Hall–Kier alpha value is -2.83. The van der Waals surface area contributed by atoms with E-state index in [1.807, 2.05) is 0 Å². The normalized spacial score (nSPS) is 17.4. The van der Waals surface area contributed by atoms with Crippen molar-refractivity contribution in [2.45, 2.75) is 13.0 Å². The van der Waals surface area contributed by atoms with Crippen LogP contribution in [0.25, 0.3) is 0 Å². The number of carbonyl (C=O) groups excluding carboxylic acids is 3. The van der Waals surface area contributed by atoms with Crippen molar-refractivity contribution in [1.82, 2.24) is 10.6 Å². The summed E-state index contributed by atoms with van der Waals surface area (Å²) in [5.41, 5.74) is 1.78. The molecule has 116 valence electrons. The lowest BCUT2D eigenvalue weighted by Crippen LogP contribution is -2.45. The molecule has 22 heavy (non-hydrogen) atoms. The number of ether oxygens (including phenoxy) is 2. The Morgan fingerprint density at radius 3 is 2.18 bits per heavy atom. The number of hydrogen-bond donors (Lipinski definition) is 2. The Morgan fingerprint density at radius 2 is 1.64 bits per heavy atom. The highest BCUT2D eigenvalue weighted by molar-refractivity contribution is 5.95. The molecule has 0 fully saturated rings. The average Bonchev–Trinajstić information content (AvgIpc) is 2.53. The number of esters is 2. The number of amides is 2. The molecule has 2 amide bonds. The quantitative estimate of drug-likeness (QED) is 0.820. The Morgan fingerprint density at radius 1 is 1.05 bits per heavy atom. The predicted molar refractivity (Wildman–Crippen MR) is 76.9 cm³/mol. The summed E-state index contributed by atoms with van der Waals surface area (Å²) in [6.07, 6.45) is 0. The molecule has 1 unspecified atom stereocenters. The van der Waals surface area contributed by atoms with E-state index in [-0.39, 0.29) is 0 Å². The number of urea groups is 1. The highest BCUT2D eigenvalue weighted by atomic mass is 16.5. The first-order chi connectivity index (χ1) is 10.5. The highest BCUT2D eigenvalue weighted by Gasteiger charge is 2.31. The van der Waals surface area contributed by atoms with Crippen LogP contribution in [0.4, 0.5) is 4.79 Å². The summed E-state index contributed by atoms with van der Waals surface area (Å²) in [5, 5.41) is 5.20. The van der Waals surface area contributed by atoms with Gasteiger partial charge in [-0.1, -0.05) is 12.1 Å². The van der Waals surface area contributed by atoms with E-state index in [9.17, 15) is 14.4 Å². The van der Waals surface area contributed by atoms with Crippen LogP contribution < -0.4 is 10.6 Å². The van der Waals surface area contributed by atoms with E-state index in [0.717, 1.165) is 0 Å². The smallest absolute Gasteiger partial charge is 0.337 e. The minimum Gasteiger partial charge on any atom is -0.466 e. The van der Waals surface area contributed by atoms with Gasteiger partial charge in [-0.2, -0.15) is 0 Å². The molecule has 7 heteroatoms. The lowest BCUT2D eigenvalue weighted by Gasteiger charge is -2.27. The van der Waals surface area contributed by atoms with Crippen molar-refractivity contribution in [1.29, 1.82) is 0 Å². The van der Waals surface area contributed by atoms with E-state index in [4.69, 9.17) is 4.74 Å². The van der Waals surface area contributed by atoms with Crippen LogP contribution in [0.15, 0.2) is 35.5 Å². The Balaban J connectivity index is 2.40. The molecule has 0 aliphatic carbocycles. The number of allylic oxidation sites excluding steroid dienone is 1. The molecular weight excluding hydrogens is 288 g/mol. The number of carbonyl (C=O) groups is 3. The van der Waals surface area contributed by atoms with Gasteiger partial charge in [0, 0.05) is 5.70 Å². The number of hydrogen-bond acceptors (Lipinski definition) is 5. The summed E-state index contributed by atoms with van der Waals surface area (Å²) >= 11 is 0. The van der Waals surface area contributed by atoms with E-state index in [1.54, 1.807) is 31.2 Å². The second-order valence-electron chi connectivity index (χ2n) is 4.68. The maximum Gasteiger partial charge on any atom is 0.337 e. The second-order valence-corrected chi connectivity index (χ2v) is 4.68. The highest BCUT2D eigenvalue weighted by Crippen LogP contribution is 2.27. The maximum atomic E-state index is 11.9. The number of benzene rings is 1. The third-order valence-corrected chi connectivity index (χ3v) is 3.34. The zero-order chi connectivity index (χ0) is 16.3. The molecule has 1 aliphatic rings. The third kappa shape index (κ3) is 2.93. The van der Waals surface area contributed by atoms with Gasteiger partial charge in [0.15, 0.2) is 0 Å². The fraction of sp³-hybridized carbons (Fsp3) is 0.267. The third-order valence-electron chi connectivity index (χ3n) is 3.34. The Bertz CT molecular complexity index is 648. The van der Waals surface area contributed by atoms with Gasteiger partial charge in [0.1, 0.15) is 0 Å². The minimum absolute atomic E-state index is 0.313. The van der Waals surface area contributed by atoms with Gasteiger partial charge in [0.05, 0.1) is 31.4 Å². The molecule has 1 aromatic rings. The molecule has 1 heterocycles. The lowest BCUT2D eigenvalue weighted by atomic mass is 9.95. The van der Waals surface area contributed by atoms with E-state index < -0.39 is 24.0 Å². The van der Waals surface area contributed by atoms with Crippen LogP contribution in [0.1, 0.15) is 28.9 Å². The van der Waals surface area contributed by atoms with Gasteiger partial charge in [-0.25, -0.2) is 14.4 Å². The summed E-state index contributed by atoms with van der Waals surface area (Å²) in [5.74, 6) is -0.993. The number of methoxy groups -OCH3 is 2. The number of rotatable bonds is 3. The van der Waals surface area contributed by atoms with E-state index >= 15 is 0 Å². The molecule has 7 nitrogen and oxygen atoms in total. The SMILES string of the molecule is COC(=O)C1=C(C)NC(=O)NC1c1ccc(C(=O)OC)cc1. The maximum absolute atomic E-state index is 11.9. The average molecular weight is 304 g/mol. The predicted octanol–water partition coefficient (Wildman–Crippen LogP) is 1.27.